The van der Waals surface area contributed by atoms with Crippen LogP contribution in [0.2, 0.25) is 0 Å². The van der Waals surface area contributed by atoms with E-state index in [2.05, 4.69) is 58.5 Å². The fraction of sp³-hybridized carbons (Fsp3) is 0.533. The number of aromatic nitrogens is 2. The van der Waals surface area contributed by atoms with Gasteiger partial charge in [0.1, 0.15) is 0 Å². The molecule has 2 aromatic heterocycles. The van der Waals surface area contributed by atoms with Crippen molar-refractivity contribution < 1.29 is 0 Å². The Bertz CT molecular complexity index is 547. The number of hydrogen-bond acceptors (Lipinski definition) is 3. The summed E-state index contributed by atoms with van der Waals surface area (Å²) in [7, 11) is 2.00. The summed E-state index contributed by atoms with van der Waals surface area (Å²) in [6.07, 6.45) is 5.31. The second kappa shape index (κ2) is 7.38. The molecule has 0 aliphatic carbocycles. The minimum atomic E-state index is 0.351. The van der Waals surface area contributed by atoms with Gasteiger partial charge in [-0.25, -0.2) is 0 Å². The molecule has 0 spiro atoms. The van der Waals surface area contributed by atoms with E-state index in [-0.39, 0.29) is 0 Å². The van der Waals surface area contributed by atoms with E-state index in [9.17, 15) is 0 Å². The van der Waals surface area contributed by atoms with Crippen molar-refractivity contribution in [1.82, 2.24) is 15.1 Å². The van der Waals surface area contributed by atoms with Crippen LogP contribution in [0.3, 0.4) is 0 Å². The van der Waals surface area contributed by atoms with Gasteiger partial charge in [-0.3, -0.25) is 4.68 Å². The van der Waals surface area contributed by atoms with Gasteiger partial charge in [0.05, 0.1) is 9.48 Å². The summed E-state index contributed by atoms with van der Waals surface area (Å²) < 4.78 is 3.13. The van der Waals surface area contributed by atoms with E-state index in [0.29, 0.717) is 6.04 Å². The van der Waals surface area contributed by atoms with Crippen LogP contribution >= 0.6 is 27.3 Å². The van der Waals surface area contributed by atoms with Crippen LogP contribution < -0.4 is 5.32 Å². The van der Waals surface area contributed by atoms with Crippen molar-refractivity contribution in [2.75, 3.05) is 6.54 Å². The average Bonchev–Trinajstić information content (AvgIpc) is 3.00. The minimum absolute atomic E-state index is 0.351. The molecule has 0 bridgehead atoms. The van der Waals surface area contributed by atoms with Crippen LogP contribution in [0.4, 0.5) is 0 Å². The molecule has 0 fully saturated rings. The third-order valence-electron chi connectivity index (χ3n) is 3.32. The van der Waals surface area contributed by atoms with Gasteiger partial charge in [-0.1, -0.05) is 13.8 Å². The standard InChI is InChI=1S/C15H22BrN3S/c1-4-8-17-14(9-11-6-7-15(16)20-11)12-10-19(3)18-13(12)5-2/h6-7,10,14,17H,4-5,8-9H2,1-3H3. The van der Waals surface area contributed by atoms with Crippen molar-refractivity contribution >= 4 is 27.3 Å². The predicted molar refractivity (Wildman–Crippen MR) is 89.3 cm³/mol. The van der Waals surface area contributed by atoms with E-state index in [1.807, 2.05) is 23.1 Å². The van der Waals surface area contributed by atoms with Gasteiger partial charge >= 0.3 is 0 Å². The molecule has 20 heavy (non-hydrogen) atoms. The van der Waals surface area contributed by atoms with Gasteiger partial charge in [0.2, 0.25) is 0 Å². The zero-order valence-corrected chi connectivity index (χ0v) is 14.7. The number of hydrogen-bond donors (Lipinski definition) is 1. The highest BCUT2D eigenvalue weighted by atomic mass is 79.9. The fourth-order valence-electron chi connectivity index (χ4n) is 2.39. The number of nitrogens with zero attached hydrogens (tertiary/aromatic N) is 2. The molecule has 0 aliphatic rings. The maximum absolute atomic E-state index is 4.58. The topological polar surface area (TPSA) is 29.9 Å². The van der Waals surface area contributed by atoms with Crippen molar-refractivity contribution in [1.29, 1.82) is 0 Å². The third kappa shape index (κ3) is 3.93. The molecule has 110 valence electrons. The summed E-state index contributed by atoms with van der Waals surface area (Å²) in [5, 5.41) is 8.25. The SMILES string of the molecule is CCCNC(Cc1ccc(Br)s1)c1cn(C)nc1CC. The lowest BCUT2D eigenvalue weighted by Gasteiger charge is -2.17. The maximum Gasteiger partial charge on any atom is 0.0701 e. The molecule has 2 aromatic rings. The molecule has 1 N–H and O–H groups in total. The molecule has 1 atom stereocenters. The zero-order chi connectivity index (χ0) is 14.5. The Morgan fingerprint density at radius 2 is 2.20 bits per heavy atom. The summed E-state index contributed by atoms with van der Waals surface area (Å²) in [6.45, 7) is 5.41. The Labute approximate surface area is 133 Å². The molecule has 1 unspecified atom stereocenters. The smallest absolute Gasteiger partial charge is 0.0701 e. The first-order valence-electron chi connectivity index (χ1n) is 7.14. The summed E-state index contributed by atoms with van der Waals surface area (Å²) in [6, 6.07) is 4.68. The highest BCUT2D eigenvalue weighted by molar-refractivity contribution is 9.11. The summed E-state index contributed by atoms with van der Waals surface area (Å²) in [5.74, 6) is 0. The molecular weight excluding hydrogens is 334 g/mol. The lowest BCUT2D eigenvalue weighted by molar-refractivity contribution is 0.528. The third-order valence-corrected chi connectivity index (χ3v) is 4.97. The Balaban J connectivity index is 2.21. The molecule has 2 rings (SSSR count). The van der Waals surface area contributed by atoms with Crippen LogP contribution in [0.15, 0.2) is 22.1 Å². The van der Waals surface area contributed by atoms with Crippen molar-refractivity contribution in [2.45, 2.75) is 39.2 Å². The van der Waals surface area contributed by atoms with Crippen LogP contribution in [0.5, 0.6) is 0 Å². The van der Waals surface area contributed by atoms with Gasteiger partial charge in [0.15, 0.2) is 0 Å². The number of thiophene rings is 1. The van der Waals surface area contributed by atoms with Gasteiger partial charge in [0.25, 0.3) is 0 Å². The van der Waals surface area contributed by atoms with E-state index in [1.165, 1.54) is 19.9 Å². The Hall–Kier alpha value is -0.650. The Morgan fingerprint density at radius 3 is 2.80 bits per heavy atom. The van der Waals surface area contributed by atoms with Gasteiger partial charge in [0, 0.05) is 36.1 Å². The lowest BCUT2D eigenvalue weighted by Crippen LogP contribution is -2.24. The minimum Gasteiger partial charge on any atom is -0.310 e. The fourth-order valence-corrected chi connectivity index (χ4v) is 3.92. The first kappa shape index (κ1) is 15.7. The molecular formula is C15H22BrN3S. The van der Waals surface area contributed by atoms with Gasteiger partial charge in [-0.15, -0.1) is 11.3 Å². The van der Waals surface area contributed by atoms with Crippen molar-refractivity contribution in [3.63, 3.8) is 0 Å². The van der Waals surface area contributed by atoms with Crippen LogP contribution in [0.1, 0.15) is 42.4 Å². The van der Waals surface area contributed by atoms with E-state index >= 15 is 0 Å². The molecule has 0 radical (unpaired) electrons. The number of rotatable bonds is 7. The number of nitrogens with one attached hydrogen (secondary N) is 1. The van der Waals surface area contributed by atoms with Crippen LogP contribution in [0.25, 0.3) is 0 Å². The van der Waals surface area contributed by atoms with Crippen LogP contribution in [-0.4, -0.2) is 16.3 Å². The van der Waals surface area contributed by atoms with Gasteiger partial charge in [-0.05, 0) is 47.4 Å². The first-order chi connectivity index (χ1) is 9.63. The van der Waals surface area contributed by atoms with E-state index in [1.54, 1.807) is 0 Å². The molecule has 0 aromatic carbocycles. The Kier molecular flexibility index (Phi) is 5.81. The normalized spacial score (nSPS) is 12.8. The summed E-state index contributed by atoms with van der Waals surface area (Å²) in [5.41, 5.74) is 2.55. The highest BCUT2D eigenvalue weighted by Gasteiger charge is 2.18. The van der Waals surface area contributed by atoms with Crippen molar-refractivity contribution in [2.24, 2.45) is 7.05 Å². The average molecular weight is 356 g/mol. The van der Waals surface area contributed by atoms with E-state index in [4.69, 9.17) is 0 Å². The zero-order valence-electron chi connectivity index (χ0n) is 12.3. The second-order valence-corrected chi connectivity index (χ2v) is 7.52. The van der Waals surface area contributed by atoms with E-state index < -0.39 is 0 Å². The van der Waals surface area contributed by atoms with Crippen LogP contribution in [0, 0.1) is 0 Å². The molecule has 0 amide bonds. The molecule has 5 heteroatoms. The molecule has 0 saturated carbocycles. The predicted octanol–water partition coefficient (Wildman–Crippen LogP) is 4.09. The number of halogens is 1. The maximum atomic E-state index is 4.58. The van der Waals surface area contributed by atoms with Crippen LogP contribution in [-0.2, 0) is 19.9 Å². The largest absolute Gasteiger partial charge is 0.310 e. The lowest BCUT2D eigenvalue weighted by atomic mass is 10.0. The second-order valence-electron chi connectivity index (χ2n) is 4.98. The van der Waals surface area contributed by atoms with E-state index in [0.717, 1.165) is 25.8 Å². The monoisotopic (exact) mass is 355 g/mol. The molecule has 0 aliphatic heterocycles. The summed E-state index contributed by atoms with van der Waals surface area (Å²) in [4.78, 5) is 1.40. The highest BCUT2D eigenvalue weighted by Crippen LogP contribution is 2.28. The summed E-state index contributed by atoms with van der Waals surface area (Å²) >= 11 is 5.36. The molecule has 2 heterocycles. The van der Waals surface area contributed by atoms with Gasteiger partial charge < -0.3 is 5.32 Å². The Morgan fingerprint density at radius 1 is 1.40 bits per heavy atom. The molecule has 0 saturated heterocycles. The first-order valence-corrected chi connectivity index (χ1v) is 8.75. The quantitative estimate of drug-likeness (QED) is 0.810. The molecule has 3 nitrogen and oxygen atoms in total. The number of aryl methyl sites for hydroxylation is 2. The van der Waals surface area contributed by atoms with Crippen molar-refractivity contribution in [3.05, 3.63) is 38.3 Å². The van der Waals surface area contributed by atoms with Gasteiger partial charge in [-0.2, -0.15) is 5.10 Å². The van der Waals surface area contributed by atoms with Crippen molar-refractivity contribution in [3.8, 4) is 0 Å².